The smallest absolute Gasteiger partial charge is 0.337 e. The number of anilines is 1. The minimum absolute atomic E-state index is 0.192. The van der Waals surface area contributed by atoms with Crippen molar-refractivity contribution in [1.29, 1.82) is 0 Å². The fourth-order valence-electron chi connectivity index (χ4n) is 2.30. The Labute approximate surface area is 127 Å². The van der Waals surface area contributed by atoms with E-state index in [4.69, 9.17) is 5.11 Å². The van der Waals surface area contributed by atoms with Crippen molar-refractivity contribution in [3.05, 3.63) is 77.9 Å². The quantitative estimate of drug-likeness (QED) is 0.564. The molecule has 22 heavy (non-hydrogen) atoms. The number of rotatable bonds is 4. The summed E-state index contributed by atoms with van der Waals surface area (Å²) in [5.74, 6) is -0.983. The van der Waals surface area contributed by atoms with E-state index in [0.717, 1.165) is 16.3 Å². The van der Waals surface area contributed by atoms with Crippen LogP contribution in [0.1, 0.15) is 15.9 Å². The molecule has 2 N–H and O–H groups in total. The SMILES string of the molecule is O=C(O)c1ccccc1N/N=C/c1cccc2ccccc12. The number of carbonyl (C=O) groups is 1. The lowest BCUT2D eigenvalue weighted by atomic mass is 10.1. The standard InChI is InChI=1S/C18H14N2O2/c21-18(22)16-10-3-4-11-17(16)20-19-12-14-8-5-7-13-6-1-2-9-15(13)14/h1-12,20H,(H,21,22)/b19-12+. The molecule has 0 aliphatic carbocycles. The molecule has 4 nitrogen and oxygen atoms in total. The Morgan fingerprint density at radius 3 is 2.55 bits per heavy atom. The third kappa shape index (κ3) is 2.81. The number of hydrogen-bond acceptors (Lipinski definition) is 3. The summed E-state index contributed by atoms with van der Waals surface area (Å²) in [4.78, 5) is 11.1. The number of nitrogens with one attached hydrogen (secondary N) is 1. The van der Waals surface area contributed by atoms with Gasteiger partial charge >= 0.3 is 5.97 Å². The zero-order valence-electron chi connectivity index (χ0n) is 11.7. The van der Waals surface area contributed by atoms with Crippen molar-refractivity contribution < 1.29 is 9.90 Å². The third-order valence-corrected chi connectivity index (χ3v) is 3.37. The van der Waals surface area contributed by atoms with E-state index in [1.54, 1.807) is 24.4 Å². The van der Waals surface area contributed by atoms with Crippen molar-refractivity contribution in [3.63, 3.8) is 0 Å². The molecule has 3 rings (SSSR count). The van der Waals surface area contributed by atoms with E-state index in [9.17, 15) is 4.79 Å². The van der Waals surface area contributed by atoms with Gasteiger partial charge in [0.05, 0.1) is 17.5 Å². The van der Waals surface area contributed by atoms with E-state index >= 15 is 0 Å². The van der Waals surface area contributed by atoms with E-state index < -0.39 is 5.97 Å². The van der Waals surface area contributed by atoms with Gasteiger partial charge in [0.25, 0.3) is 0 Å². The van der Waals surface area contributed by atoms with E-state index in [2.05, 4.69) is 10.5 Å². The van der Waals surface area contributed by atoms with Crippen LogP contribution in [0, 0.1) is 0 Å². The van der Waals surface area contributed by atoms with E-state index in [0.29, 0.717) is 5.69 Å². The molecule has 3 aromatic carbocycles. The van der Waals surface area contributed by atoms with Crippen LogP contribution in [-0.2, 0) is 0 Å². The number of nitrogens with zero attached hydrogens (tertiary/aromatic N) is 1. The maximum atomic E-state index is 11.1. The summed E-state index contributed by atoms with van der Waals surface area (Å²) in [6.07, 6.45) is 1.70. The summed E-state index contributed by atoms with van der Waals surface area (Å²) >= 11 is 0. The number of hydrogen-bond donors (Lipinski definition) is 2. The maximum absolute atomic E-state index is 11.1. The second-order valence-corrected chi connectivity index (χ2v) is 4.79. The molecule has 3 aromatic rings. The van der Waals surface area contributed by atoms with Gasteiger partial charge < -0.3 is 5.11 Å². The molecule has 0 bridgehead atoms. The second kappa shape index (κ2) is 6.10. The average Bonchev–Trinajstić information content (AvgIpc) is 2.55. The van der Waals surface area contributed by atoms with Gasteiger partial charge in [0.1, 0.15) is 0 Å². The lowest BCUT2D eigenvalue weighted by Crippen LogP contribution is -2.02. The Balaban J connectivity index is 1.87. The summed E-state index contributed by atoms with van der Waals surface area (Å²) in [6, 6.07) is 20.7. The van der Waals surface area contributed by atoms with Crippen LogP contribution in [-0.4, -0.2) is 17.3 Å². The highest BCUT2D eigenvalue weighted by Crippen LogP contribution is 2.18. The Bertz CT molecular complexity index is 851. The van der Waals surface area contributed by atoms with E-state index in [-0.39, 0.29) is 5.56 Å². The molecule has 0 aliphatic heterocycles. The summed E-state index contributed by atoms with van der Waals surface area (Å²) in [5, 5.41) is 15.5. The molecule has 0 atom stereocenters. The monoisotopic (exact) mass is 290 g/mol. The molecule has 0 unspecified atom stereocenters. The van der Waals surface area contributed by atoms with Gasteiger partial charge in [-0.1, -0.05) is 54.6 Å². The van der Waals surface area contributed by atoms with Crippen LogP contribution >= 0.6 is 0 Å². The first-order valence-electron chi connectivity index (χ1n) is 6.85. The summed E-state index contributed by atoms with van der Waals surface area (Å²) in [7, 11) is 0. The number of hydrazone groups is 1. The van der Waals surface area contributed by atoms with Crippen molar-refractivity contribution in [3.8, 4) is 0 Å². The molecule has 108 valence electrons. The zero-order chi connectivity index (χ0) is 15.4. The molecule has 0 amide bonds. The van der Waals surface area contributed by atoms with Crippen molar-refractivity contribution in [1.82, 2.24) is 0 Å². The van der Waals surface area contributed by atoms with Gasteiger partial charge in [-0.15, -0.1) is 0 Å². The largest absolute Gasteiger partial charge is 0.478 e. The Morgan fingerprint density at radius 1 is 0.955 bits per heavy atom. The van der Waals surface area contributed by atoms with Crippen LogP contribution in [0.3, 0.4) is 0 Å². The second-order valence-electron chi connectivity index (χ2n) is 4.79. The highest BCUT2D eigenvalue weighted by molar-refractivity contribution is 6.00. The van der Waals surface area contributed by atoms with Crippen LogP contribution in [0.5, 0.6) is 0 Å². The fourth-order valence-corrected chi connectivity index (χ4v) is 2.30. The number of fused-ring (bicyclic) bond motifs is 1. The fraction of sp³-hybridized carbons (Fsp3) is 0. The van der Waals surface area contributed by atoms with Gasteiger partial charge in [0.2, 0.25) is 0 Å². The normalized spacial score (nSPS) is 10.9. The lowest BCUT2D eigenvalue weighted by molar-refractivity contribution is 0.0698. The Hall–Kier alpha value is -3.14. The van der Waals surface area contributed by atoms with Gasteiger partial charge in [-0.2, -0.15) is 5.10 Å². The Kier molecular flexibility index (Phi) is 3.83. The van der Waals surface area contributed by atoms with Gasteiger partial charge in [-0.05, 0) is 22.9 Å². The summed E-state index contributed by atoms with van der Waals surface area (Å²) in [6.45, 7) is 0. The highest BCUT2D eigenvalue weighted by atomic mass is 16.4. The predicted molar refractivity (Wildman–Crippen MR) is 88.6 cm³/mol. The van der Waals surface area contributed by atoms with Crippen molar-refractivity contribution in [2.45, 2.75) is 0 Å². The van der Waals surface area contributed by atoms with Crippen LogP contribution < -0.4 is 5.43 Å². The number of carboxylic acid groups (broad SMARTS) is 1. The molecule has 0 radical (unpaired) electrons. The maximum Gasteiger partial charge on any atom is 0.337 e. The molecule has 0 spiro atoms. The molecular formula is C18H14N2O2. The summed E-state index contributed by atoms with van der Waals surface area (Å²) < 4.78 is 0. The molecule has 0 heterocycles. The molecule has 0 saturated heterocycles. The summed E-state index contributed by atoms with van der Waals surface area (Å²) in [5.41, 5.74) is 4.42. The van der Waals surface area contributed by atoms with Crippen molar-refractivity contribution in [2.24, 2.45) is 5.10 Å². The van der Waals surface area contributed by atoms with Gasteiger partial charge in [0.15, 0.2) is 0 Å². The number of aromatic carboxylic acids is 1. The molecular weight excluding hydrogens is 276 g/mol. The third-order valence-electron chi connectivity index (χ3n) is 3.37. The van der Waals surface area contributed by atoms with Crippen LogP contribution in [0.15, 0.2) is 71.8 Å². The molecule has 0 saturated carbocycles. The number of benzene rings is 3. The van der Waals surface area contributed by atoms with E-state index in [1.165, 1.54) is 6.07 Å². The predicted octanol–water partition coefficient (Wildman–Crippen LogP) is 3.98. The average molecular weight is 290 g/mol. The molecule has 4 heteroatoms. The van der Waals surface area contributed by atoms with Crippen LogP contribution in [0.4, 0.5) is 5.69 Å². The molecule has 0 aliphatic rings. The highest BCUT2D eigenvalue weighted by Gasteiger charge is 2.07. The van der Waals surface area contributed by atoms with Crippen molar-refractivity contribution >= 4 is 28.6 Å². The van der Waals surface area contributed by atoms with Gasteiger partial charge in [-0.3, -0.25) is 5.43 Å². The first-order valence-corrected chi connectivity index (χ1v) is 6.85. The number of carboxylic acids is 1. The topological polar surface area (TPSA) is 61.7 Å². The first-order chi connectivity index (χ1) is 10.8. The van der Waals surface area contributed by atoms with Crippen LogP contribution in [0.25, 0.3) is 10.8 Å². The van der Waals surface area contributed by atoms with Gasteiger partial charge in [0, 0.05) is 5.56 Å². The number of para-hydroxylation sites is 1. The molecule has 0 fully saturated rings. The van der Waals surface area contributed by atoms with Crippen LogP contribution in [0.2, 0.25) is 0 Å². The first kappa shape index (κ1) is 13.8. The Morgan fingerprint density at radius 2 is 1.68 bits per heavy atom. The minimum Gasteiger partial charge on any atom is -0.478 e. The molecule has 0 aromatic heterocycles. The zero-order valence-corrected chi connectivity index (χ0v) is 11.7. The van der Waals surface area contributed by atoms with Gasteiger partial charge in [-0.25, -0.2) is 4.79 Å². The minimum atomic E-state index is -0.983. The van der Waals surface area contributed by atoms with Crippen molar-refractivity contribution in [2.75, 3.05) is 5.43 Å². The lowest BCUT2D eigenvalue weighted by Gasteiger charge is -2.05. The van der Waals surface area contributed by atoms with E-state index in [1.807, 2.05) is 42.5 Å².